The van der Waals surface area contributed by atoms with Gasteiger partial charge in [-0.15, -0.1) is 0 Å². The Morgan fingerprint density at radius 2 is 2.09 bits per heavy atom. The summed E-state index contributed by atoms with van der Waals surface area (Å²) in [5.41, 5.74) is 1.33. The van der Waals surface area contributed by atoms with Crippen LogP contribution in [0.4, 0.5) is 0 Å². The zero-order valence-electron chi connectivity index (χ0n) is 18.2. The SMILES string of the molecule is O=C(c1n[nH]c2ccccc12)N1CCCC(c2nc(CCOCC3CCOCC3)no2)C1. The Kier molecular flexibility index (Phi) is 6.45. The Hall–Kier alpha value is -2.78. The number of ether oxygens (including phenoxy) is 2. The van der Waals surface area contributed by atoms with Gasteiger partial charge >= 0.3 is 0 Å². The third kappa shape index (κ3) is 4.68. The molecule has 2 fully saturated rings. The molecule has 0 aliphatic carbocycles. The van der Waals surface area contributed by atoms with Gasteiger partial charge in [0.05, 0.1) is 18.0 Å². The molecule has 1 N–H and O–H groups in total. The third-order valence-electron chi connectivity index (χ3n) is 6.38. The molecule has 2 saturated heterocycles. The molecule has 1 unspecified atom stereocenters. The molecule has 170 valence electrons. The normalized spacial score (nSPS) is 20.1. The van der Waals surface area contributed by atoms with E-state index < -0.39 is 0 Å². The topological polar surface area (TPSA) is 106 Å². The Morgan fingerprint density at radius 1 is 1.22 bits per heavy atom. The molecule has 0 bridgehead atoms. The number of carbonyl (C=O) groups excluding carboxylic acids is 1. The number of nitrogens with zero attached hydrogens (tertiary/aromatic N) is 4. The molecule has 1 atom stereocenters. The van der Waals surface area contributed by atoms with Crippen LogP contribution in [0, 0.1) is 5.92 Å². The predicted octanol–water partition coefficient (Wildman–Crippen LogP) is 2.95. The van der Waals surface area contributed by atoms with Gasteiger partial charge in [-0.2, -0.15) is 10.1 Å². The van der Waals surface area contributed by atoms with Gasteiger partial charge in [-0.25, -0.2) is 0 Å². The van der Waals surface area contributed by atoms with Crippen LogP contribution in [-0.2, 0) is 15.9 Å². The lowest BCUT2D eigenvalue weighted by Crippen LogP contribution is -2.39. The van der Waals surface area contributed by atoms with E-state index in [9.17, 15) is 4.79 Å². The van der Waals surface area contributed by atoms with Crippen LogP contribution in [-0.4, -0.2) is 70.7 Å². The van der Waals surface area contributed by atoms with Crippen molar-refractivity contribution in [1.82, 2.24) is 25.2 Å². The number of carbonyl (C=O) groups is 1. The number of likely N-dealkylation sites (tertiary alicyclic amines) is 1. The molecule has 0 radical (unpaired) electrons. The minimum Gasteiger partial charge on any atom is -0.381 e. The van der Waals surface area contributed by atoms with Crippen molar-refractivity contribution in [1.29, 1.82) is 0 Å². The fourth-order valence-electron chi connectivity index (χ4n) is 4.50. The second kappa shape index (κ2) is 9.79. The maximum absolute atomic E-state index is 13.1. The molecule has 3 aromatic rings. The number of H-pyrrole nitrogens is 1. The van der Waals surface area contributed by atoms with E-state index in [1.807, 2.05) is 29.2 Å². The van der Waals surface area contributed by atoms with Crippen LogP contribution in [0.3, 0.4) is 0 Å². The summed E-state index contributed by atoms with van der Waals surface area (Å²) < 4.78 is 16.7. The number of hydrogen-bond acceptors (Lipinski definition) is 7. The first-order valence-corrected chi connectivity index (χ1v) is 11.5. The molecule has 2 aliphatic rings. The summed E-state index contributed by atoms with van der Waals surface area (Å²) >= 11 is 0. The summed E-state index contributed by atoms with van der Waals surface area (Å²) in [6.07, 6.45) is 4.58. The van der Waals surface area contributed by atoms with Crippen LogP contribution in [0.5, 0.6) is 0 Å². The van der Waals surface area contributed by atoms with Gasteiger partial charge in [0.25, 0.3) is 5.91 Å². The van der Waals surface area contributed by atoms with Gasteiger partial charge < -0.3 is 18.9 Å². The van der Waals surface area contributed by atoms with Crippen LogP contribution in [0.1, 0.15) is 53.8 Å². The van der Waals surface area contributed by atoms with Crippen molar-refractivity contribution in [3.05, 3.63) is 41.7 Å². The fraction of sp³-hybridized carbons (Fsp3) is 0.565. The van der Waals surface area contributed by atoms with Crippen LogP contribution >= 0.6 is 0 Å². The minimum absolute atomic E-state index is 0.0438. The number of nitrogens with one attached hydrogen (secondary N) is 1. The minimum atomic E-state index is -0.0617. The summed E-state index contributed by atoms with van der Waals surface area (Å²) in [7, 11) is 0. The molecule has 4 heterocycles. The highest BCUT2D eigenvalue weighted by molar-refractivity contribution is 6.04. The van der Waals surface area contributed by atoms with Crippen LogP contribution in [0.25, 0.3) is 10.9 Å². The van der Waals surface area contributed by atoms with Crippen molar-refractivity contribution in [3.8, 4) is 0 Å². The number of aromatic nitrogens is 4. The largest absolute Gasteiger partial charge is 0.381 e. The quantitative estimate of drug-likeness (QED) is 0.564. The third-order valence-corrected chi connectivity index (χ3v) is 6.38. The second-order valence-corrected chi connectivity index (χ2v) is 8.64. The summed E-state index contributed by atoms with van der Waals surface area (Å²) in [6, 6.07) is 7.68. The number of fused-ring (bicyclic) bond motifs is 1. The standard InChI is InChI=1S/C23H29N5O4/c29-23(21-18-5-1-2-6-19(18)25-26-21)28-10-3-4-17(14-28)22-24-20(27-32-22)9-13-31-15-16-7-11-30-12-8-16/h1-2,5-6,16-17H,3-4,7-15H2,(H,25,26). The number of hydrogen-bond donors (Lipinski definition) is 1. The number of aromatic amines is 1. The smallest absolute Gasteiger partial charge is 0.275 e. The lowest BCUT2D eigenvalue weighted by Gasteiger charge is -2.30. The zero-order chi connectivity index (χ0) is 21.8. The van der Waals surface area contributed by atoms with Crippen molar-refractivity contribution in [2.75, 3.05) is 39.5 Å². The van der Waals surface area contributed by atoms with Gasteiger partial charge in [0.1, 0.15) is 0 Å². The Balaban J connectivity index is 1.15. The average molecular weight is 440 g/mol. The first-order valence-electron chi connectivity index (χ1n) is 11.5. The van der Waals surface area contributed by atoms with Crippen LogP contribution in [0.2, 0.25) is 0 Å². The van der Waals surface area contributed by atoms with E-state index in [2.05, 4.69) is 20.3 Å². The van der Waals surface area contributed by atoms with E-state index >= 15 is 0 Å². The van der Waals surface area contributed by atoms with Gasteiger partial charge in [0.2, 0.25) is 5.89 Å². The molecule has 32 heavy (non-hydrogen) atoms. The maximum atomic E-state index is 13.1. The average Bonchev–Trinajstić information content (AvgIpc) is 3.50. The molecule has 1 aromatic carbocycles. The lowest BCUT2D eigenvalue weighted by atomic mass is 9.97. The van der Waals surface area contributed by atoms with E-state index in [1.54, 1.807) is 0 Å². The van der Waals surface area contributed by atoms with Gasteiger partial charge in [0, 0.05) is 44.7 Å². The van der Waals surface area contributed by atoms with Crippen LogP contribution < -0.4 is 0 Å². The highest BCUT2D eigenvalue weighted by Crippen LogP contribution is 2.27. The monoisotopic (exact) mass is 439 g/mol. The van der Waals surface area contributed by atoms with Crippen molar-refractivity contribution >= 4 is 16.8 Å². The first kappa shape index (κ1) is 21.1. The summed E-state index contributed by atoms with van der Waals surface area (Å²) in [4.78, 5) is 19.5. The van der Waals surface area contributed by atoms with E-state index in [1.165, 1.54) is 0 Å². The first-order chi connectivity index (χ1) is 15.8. The second-order valence-electron chi connectivity index (χ2n) is 8.64. The summed E-state index contributed by atoms with van der Waals surface area (Å²) in [5.74, 6) is 1.83. The number of rotatable bonds is 7. The molecule has 5 rings (SSSR count). The zero-order valence-corrected chi connectivity index (χ0v) is 18.2. The predicted molar refractivity (Wildman–Crippen MR) is 116 cm³/mol. The van der Waals surface area contributed by atoms with E-state index in [-0.39, 0.29) is 11.8 Å². The van der Waals surface area contributed by atoms with Crippen molar-refractivity contribution in [2.45, 2.75) is 38.0 Å². The molecule has 9 nitrogen and oxygen atoms in total. The van der Waals surface area contributed by atoms with Crippen molar-refractivity contribution in [2.24, 2.45) is 5.92 Å². The van der Waals surface area contributed by atoms with E-state index in [0.717, 1.165) is 56.4 Å². The van der Waals surface area contributed by atoms with Gasteiger partial charge in [-0.3, -0.25) is 9.89 Å². The number of benzene rings is 1. The van der Waals surface area contributed by atoms with Gasteiger partial charge in [-0.05, 0) is 37.7 Å². The lowest BCUT2D eigenvalue weighted by molar-refractivity contribution is 0.0211. The van der Waals surface area contributed by atoms with Crippen LogP contribution in [0.15, 0.2) is 28.8 Å². The molecule has 0 saturated carbocycles. The van der Waals surface area contributed by atoms with Gasteiger partial charge in [-0.1, -0.05) is 23.4 Å². The molecular weight excluding hydrogens is 410 g/mol. The molecule has 1 amide bonds. The van der Waals surface area contributed by atoms with Gasteiger partial charge in [0.15, 0.2) is 11.5 Å². The Labute approximate surface area is 186 Å². The molecule has 2 aliphatic heterocycles. The number of para-hydroxylation sites is 1. The summed E-state index contributed by atoms with van der Waals surface area (Å²) in [6.45, 7) is 4.27. The molecular formula is C23H29N5O4. The Bertz CT molecular complexity index is 1040. The van der Waals surface area contributed by atoms with Crippen molar-refractivity contribution in [3.63, 3.8) is 0 Å². The maximum Gasteiger partial charge on any atom is 0.275 e. The number of amides is 1. The van der Waals surface area contributed by atoms with Crippen molar-refractivity contribution < 1.29 is 18.8 Å². The summed E-state index contributed by atoms with van der Waals surface area (Å²) in [5, 5.41) is 12.2. The van der Waals surface area contributed by atoms with E-state index in [4.69, 9.17) is 14.0 Å². The Morgan fingerprint density at radius 3 is 3.00 bits per heavy atom. The molecule has 9 heteroatoms. The van der Waals surface area contributed by atoms with E-state index in [0.29, 0.717) is 49.4 Å². The highest BCUT2D eigenvalue weighted by atomic mass is 16.5. The molecule has 0 spiro atoms. The number of piperidine rings is 1. The fourth-order valence-corrected chi connectivity index (χ4v) is 4.50. The molecule has 2 aromatic heterocycles. The highest BCUT2D eigenvalue weighted by Gasteiger charge is 2.30.